The average molecular weight is 271 g/mol. The number of hydrogen-bond donors (Lipinski definition) is 1. The normalized spacial score (nSPS) is 12.7. The molecular formula is C12H12ClFN2S. The molecule has 2 nitrogen and oxygen atoms in total. The van der Waals surface area contributed by atoms with E-state index in [0.29, 0.717) is 6.42 Å². The van der Waals surface area contributed by atoms with E-state index in [1.807, 2.05) is 12.3 Å². The summed E-state index contributed by atoms with van der Waals surface area (Å²) in [5.74, 6) is -0.423. The van der Waals surface area contributed by atoms with E-state index in [9.17, 15) is 4.39 Å². The Balaban J connectivity index is 2.14. The van der Waals surface area contributed by atoms with Crippen molar-refractivity contribution < 1.29 is 4.39 Å². The molecule has 0 saturated heterocycles. The Morgan fingerprint density at radius 3 is 2.88 bits per heavy atom. The highest BCUT2D eigenvalue weighted by Crippen LogP contribution is 2.23. The molecule has 0 aliphatic rings. The SMILES string of the molecule is Cc1csc(CC(N)c2ccc(F)c(Cl)c2)n1. The second kappa shape index (κ2) is 5.12. The molecule has 0 spiro atoms. The average Bonchev–Trinajstić information content (AvgIpc) is 2.68. The van der Waals surface area contributed by atoms with Gasteiger partial charge >= 0.3 is 0 Å². The third kappa shape index (κ3) is 3.03. The minimum atomic E-state index is -0.423. The maximum Gasteiger partial charge on any atom is 0.141 e. The highest BCUT2D eigenvalue weighted by atomic mass is 35.5. The second-order valence-electron chi connectivity index (χ2n) is 3.87. The molecule has 5 heteroatoms. The van der Waals surface area contributed by atoms with Crippen molar-refractivity contribution in [3.63, 3.8) is 0 Å². The lowest BCUT2D eigenvalue weighted by Crippen LogP contribution is -2.13. The maximum atomic E-state index is 13.0. The second-order valence-corrected chi connectivity index (χ2v) is 5.22. The Bertz CT molecular complexity index is 527. The molecule has 1 unspecified atom stereocenters. The van der Waals surface area contributed by atoms with Gasteiger partial charge in [0.1, 0.15) is 5.82 Å². The third-order valence-corrected chi connectivity index (χ3v) is 3.71. The van der Waals surface area contributed by atoms with Gasteiger partial charge in [-0.05, 0) is 24.6 Å². The standard InChI is InChI=1S/C12H12ClFN2S/c1-7-6-17-12(16-7)5-11(15)8-2-3-10(14)9(13)4-8/h2-4,6,11H,5,15H2,1H3. The van der Waals surface area contributed by atoms with Gasteiger partial charge in [0.25, 0.3) is 0 Å². The largest absolute Gasteiger partial charge is 0.324 e. The zero-order chi connectivity index (χ0) is 12.4. The van der Waals surface area contributed by atoms with Crippen LogP contribution in [0.3, 0.4) is 0 Å². The third-order valence-electron chi connectivity index (χ3n) is 2.43. The van der Waals surface area contributed by atoms with Crippen LogP contribution in [0.25, 0.3) is 0 Å². The lowest BCUT2D eigenvalue weighted by atomic mass is 10.1. The molecule has 90 valence electrons. The van der Waals surface area contributed by atoms with E-state index in [-0.39, 0.29) is 11.1 Å². The molecule has 0 saturated carbocycles. The Labute approximate surface area is 108 Å². The highest BCUT2D eigenvalue weighted by Gasteiger charge is 2.11. The zero-order valence-corrected chi connectivity index (χ0v) is 10.9. The number of halogens is 2. The van der Waals surface area contributed by atoms with Gasteiger partial charge in [0.05, 0.1) is 10.0 Å². The van der Waals surface area contributed by atoms with Gasteiger partial charge in [0, 0.05) is 23.5 Å². The number of hydrogen-bond acceptors (Lipinski definition) is 3. The molecule has 2 N–H and O–H groups in total. The van der Waals surface area contributed by atoms with Crippen LogP contribution >= 0.6 is 22.9 Å². The molecule has 0 amide bonds. The first kappa shape index (κ1) is 12.5. The number of nitrogens with zero attached hydrogens (tertiary/aromatic N) is 1. The number of rotatable bonds is 3. The molecule has 0 radical (unpaired) electrons. The van der Waals surface area contributed by atoms with Gasteiger partial charge in [-0.15, -0.1) is 11.3 Å². The van der Waals surface area contributed by atoms with E-state index in [1.165, 1.54) is 6.07 Å². The van der Waals surface area contributed by atoms with Crippen molar-refractivity contribution in [2.24, 2.45) is 5.73 Å². The van der Waals surface area contributed by atoms with Crippen LogP contribution < -0.4 is 5.73 Å². The number of thiazole rings is 1. The van der Waals surface area contributed by atoms with Gasteiger partial charge in [0.2, 0.25) is 0 Å². The fourth-order valence-corrected chi connectivity index (χ4v) is 2.57. The number of nitrogens with two attached hydrogens (primary N) is 1. The summed E-state index contributed by atoms with van der Waals surface area (Å²) in [6.07, 6.45) is 0.639. The molecular weight excluding hydrogens is 259 g/mol. The summed E-state index contributed by atoms with van der Waals surface area (Å²) in [6, 6.07) is 4.36. The van der Waals surface area contributed by atoms with E-state index in [2.05, 4.69) is 4.98 Å². The Morgan fingerprint density at radius 1 is 1.53 bits per heavy atom. The minimum absolute atomic E-state index is 0.105. The summed E-state index contributed by atoms with van der Waals surface area (Å²) < 4.78 is 13.0. The van der Waals surface area contributed by atoms with Gasteiger partial charge in [-0.3, -0.25) is 0 Å². The maximum absolute atomic E-state index is 13.0. The van der Waals surface area contributed by atoms with E-state index >= 15 is 0 Å². The van der Waals surface area contributed by atoms with Crippen LogP contribution in [0, 0.1) is 12.7 Å². The Hall–Kier alpha value is -0.970. The van der Waals surface area contributed by atoms with Crippen LogP contribution in [-0.4, -0.2) is 4.98 Å². The topological polar surface area (TPSA) is 38.9 Å². The molecule has 2 aromatic rings. The first-order valence-electron chi connectivity index (χ1n) is 5.18. The molecule has 0 aliphatic carbocycles. The zero-order valence-electron chi connectivity index (χ0n) is 9.28. The number of benzene rings is 1. The van der Waals surface area contributed by atoms with Gasteiger partial charge in [0.15, 0.2) is 0 Å². The van der Waals surface area contributed by atoms with Crippen molar-refractivity contribution in [1.82, 2.24) is 4.98 Å². The number of aromatic nitrogens is 1. The van der Waals surface area contributed by atoms with E-state index in [0.717, 1.165) is 16.3 Å². The smallest absolute Gasteiger partial charge is 0.141 e. The molecule has 1 atom stereocenters. The van der Waals surface area contributed by atoms with Crippen molar-refractivity contribution in [3.8, 4) is 0 Å². The van der Waals surface area contributed by atoms with Gasteiger partial charge in [-0.2, -0.15) is 0 Å². The lowest BCUT2D eigenvalue weighted by Gasteiger charge is -2.10. The molecule has 17 heavy (non-hydrogen) atoms. The molecule has 0 fully saturated rings. The fourth-order valence-electron chi connectivity index (χ4n) is 1.55. The predicted octanol–water partition coefficient (Wildman–Crippen LogP) is 3.49. The molecule has 0 aliphatic heterocycles. The molecule has 1 heterocycles. The van der Waals surface area contributed by atoms with Crippen molar-refractivity contribution in [3.05, 3.63) is 50.7 Å². The van der Waals surface area contributed by atoms with Crippen molar-refractivity contribution in [2.45, 2.75) is 19.4 Å². The fraction of sp³-hybridized carbons (Fsp3) is 0.250. The van der Waals surface area contributed by atoms with Crippen LogP contribution in [0.15, 0.2) is 23.6 Å². The predicted molar refractivity (Wildman–Crippen MR) is 68.9 cm³/mol. The van der Waals surface area contributed by atoms with Gasteiger partial charge in [-0.1, -0.05) is 17.7 Å². The molecule has 1 aromatic carbocycles. The summed E-state index contributed by atoms with van der Waals surface area (Å²) in [7, 11) is 0. The first-order chi connectivity index (χ1) is 8.06. The van der Waals surface area contributed by atoms with Crippen molar-refractivity contribution in [2.75, 3.05) is 0 Å². The monoisotopic (exact) mass is 270 g/mol. The van der Waals surface area contributed by atoms with Crippen LogP contribution in [0.4, 0.5) is 4.39 Å². The van der Waals surface area contributed by atoms with E-state index in [1.54, 1.807) is 23.5 Å². The molecule has 2 rings (SSSR count). The van der Waals surface area contributed by atoms with Gasteiger partial charge in [-0.25, -0.2) is 9.37 Å². The molecule has 0 bridgehead atoms. The van der Waals surface area contributed by atoms with Gasteiger partial charge < -0.3 is 5.73 Å². The summed E-state index contributed by atoms with van der Waals surface area (Å²) in [6.45, 7) is 1.94. The summed E-state index contributed by atoms with van der Waals surface area (Å²) in [4.78, 5) is 4.35. The van der Waals surface area contributed by atoms with Crippen molar-refractivity contribution in [1.29, 1.82) is 0 Å². The summed E-state index contributed by atoms with van der Waals surface area (Å²) in [5, 5.41) is 3.07. The number of aryl methyl sites for hydroxylation is 1. The highest BCUT2D eigenvalue weighted by molar-refractivity contribution is 7.09. The summed E-state index contributed by atoms with van der Waals surface area (Å²) >= 11 is 7.30. The summed E-state index contributed by atoms with van der Waals surface area (Å²) in [5.41, 5.74) is 7.86. The van der Waals surface area contributed by atoms with Crippen LogP contribution in [0.5, 0.6) is 0 Å². The quantitative estimate of drug-likeness (QED) is 0.927. The lowest BCUT2D eigenvalue weighted by molar-refractivity contribution is 0.625. The van der Waals surface area contributed by atoms with Crippen LogP contribution in [0.1, 0.15) is 22.3 Å². The Morgan fingerprint density at radius 2 is 2.29 bits per heavy atom. The Kier molecular flexibility index (Phi) is 3.76. The van der Waals surface area contributed by atoms with E-state index < -0.39 is 5.82 Å². The minimum Gasteiger partial charge on any atom is -0.324 e. The van der Waals surface area contributed by atoms with E-state index in [4.69, 9.17) is 17.3 Å². The van der Waals surface area contributed by atoms with Crippen LogP contribution in [0.2, 0.25) is 5.02 Å². The molecule has 1 aromatic heterocycles. The first-order valence-corrected chi connectivity index (χ1v) is 6.43. The van der Waals surface area contributed by atoms with Crippen molar-refractivity contribution >= 4 is 22.9 Å². The van der Waals surface area contributed by atoms with Crippen LogP contribution in [-0.2, 0) is 6.42 Å².